The minimum Gasteiger partial charge on any atom is -0.497 e. The van der Waals surface area contributed by atoms with Gasteiger partial charge in [-0.2, -0.15) is 0 Å². The molecule has 2 amide bonds. The maximum absolute atomic E-state index is 14.7. The summed E-state index contributed by atoms with van der Waals surface area (Å²) in [5.74, 6) is 0.899. The maximum Gasteiger partial charge on any atom is 0.264 e. The standard InChI is InChI=1S/C39H42N2O6/c1-25-35(38(2,3)28-14-20-31(46-5)21-15-28)34(22-23-42)47-39(25)32-8-6-7-9-33(32)41(37(39)44)24-26-10-16-29(17-11-26)40-36(43)27-12-18-30(45-4)19-13-27/h6-21,25,34-35,42H,22-24H2,1-5H3,(H,40,43)/t25-,34+,35-,39+/m1/s1. The van der Waals surface area contributed by atoms with Crippen LogP contribution in [-0.4, -0.2) is 43.9 Å². The smallest absolute Gasteiger partial charge is 0.264 e. The van der Waals surface area contributed by atoms with E-state index >= 15 is 0 Å². The van der Waals surface area contributed by atoms with Crippen molar-refractivity contribution in [2.24, 2.45) is 11.8 Å². The number of carbonyl (C=O) groups is 2. The van der Waals surface area contributed by atoms with Crippen molar-refractivity contribution in [3.63, 3.8) is 0 Å². The van der Waals surface area contributed by atoms with Gasteiger partial charge in [0.25, 0.3) is 11.8 Å². The van der Waals surface area contributed by atoms with E-state index in [4.69, 9.17) is 14.2 Å². The molecular weight excluding hydrogens is 592 g/mol. The van der Waals surface area contributed by atoms with Crippen molar-refractivity contribution in [1.82, 2.24) is 0 Å². The fourth-order valence-corrected chi connectivity index (χ4v) is 7.64. The molecule has 244 valence electrons. The Bertz CT molecular complexity index is 1740. The normalized spacial score (nSPS) is 22.0. The first kappa shape index (κ1) is 32.3. The van der Waals surface area contributed by atoms with E-state index < -0.39 is 5.60 Å². The Kier molecular flexibility index (Phi) is 8.83. The van der Waals surface area contributed by atoms with Crippen molar-refractivity contribution in [3.8, 4) is 11.5 Å². The van der Waals surface area contributed by atoms with Crippen LogP contribution in [0.5, 0.6) is 11.5 Å². The minimum atomic E-state index is -1.18. The highest BCUT2D eigenvalue weighted by Gasteiger charge is 2.65. The molecule has 0 unspecified atom stereocenters. The van der Waals surface area contributed by atoms with E-state index in [1.165, 1.54) is 0 Å². The zero-order valence-corrected chi connectivity index (χ0v) is 27.5. The van der Waals surface area contributed by atoms with Gasteiger partial charge in [-0.05, 0) is 77.6 Å². The molecule has 0 saturated carbocycles. The van der Waals surface area contributed by atoms with Crippen molar-refractivity contribution in [3.05, 3.63) is 119 Å². The number of aliphatic hydroxyl groups excluding tert-OH is 1. The number of carbonyl (C=O) groups excluding carboxylic acids is 2. The first-order chi connectivity index (χ1) is 22.6. The first-order valence-corrected chi connectivity index (χ1v) is 16.0. The molecule has 6 rings (SSSR count). The molecule has 1 saturated heterocycles. The largest absolute Gasteiger partial charge is 0.497 e. The summed E-state index contributed by atoms with van der Waals surface area (Å²) in [7, 11) is 3.24. The lowest BCUT2D eigenvalue weighted by molar-refractivity contribution is -0.146. The van der Waals surface area contributed by atoms with Crippen molar-refractivity contribution in [2.75, 3.05) is 31.0 Å². The van der Waals surface area contributed by atoms with Crippen LogP contribution >= 0.6 is 0 Å². The third-order valence-electron chi connectivity index (χ3n) is 10.1. The van der Waals surface area contributed by atoms with E-state index in [1.54, 1.807) is 38.5 Å². The summed E-state index contributed by atoms with van der Waals surface area (Å²) in [4.78, 5) is 29.3. The topological polar surface area (TPSA) is 97.3 Å². The van der Waals surface area contributed by atoms with Crippen molar-refractivity contribution >= 4 is 23.2 Å². The number of fused-ring (bicyclic) bond motifs is 2. The molecule has 2 N–H and O–H groups in total. The summed E-state index contributed by atoms with van der Waals surface area (Å²) in [6.07, 6.45) is 0.0906. The maximum atomic E-state index is 14.7. The monoisotopic (exact) mass is 634 g/mol. The number of nitrogens with one attached hydrogen (secondary N) is 1. The number of amides is 2. The van der Waals surface area contributed by atoms with E-state index in [0.717, 1.165) is 28.1 Å². The molecule has 0 bridgehead atoms. The molecule has 1 spiro atoms. The second-order valence-electron chi connectivity index (χ2n) is 13.0. The van der Waals surface area contributed by atoms with Crippen molar-refractivity contribution < 1.29 is 28.9 Å². The molecule has 2 aliphatic heterocycles. The average molecular weight is 635 g/mol. The number of nitrogens with zero attached hydrogens (tertiary/aromatic N) is 1. The van der Waals surface area contributed by atoms with Gasteiger partial charge in [-0.3, -0.25) is 9.59 Å². The second-order valence-corrected chi connectivity index (χ2v) is 13.0. The Morgan fingerprint density at radius 2 is 1.53 bits per heavy atom. The summed E-state index contributed by atoms with van der Waals surface area (Å²) in [6.45, 7) is 6.81. The number of anilines is 2. The highest BCUT2D eigenvalue weighted by Crippen LogP contribution is 2.59. The van der Waals surface area contributed by atoms with Crippen LogP contribution in [0.3, 0.4) is 0 Å². The molecular formula is C39H42N2O6. The minimum absolute atomic E-state index is 0.0381. The summed E-state index contributed by atoms with van der Waals surface area (Å²) in [5.41, 5.74) is 3.35. The lowest BCUT2D eigenvalue weighted by atomic mass is 9.63. The summed E-state index contributed by atoms with van der Waals surface area (Å²) in [5, 5.41) is 13.0. The predicted octanol–water partition coefficient (Wildman–Crippen LogP) is 6.71. The van der Waals surface area contributed by atoms with Gasteiger partial charge in [0.2, 0.25) is 0 Å². The number of hydrogen-bond donors (Lipinski definition) is 2. The highest BCUT2D eigenvalue weighted by molar-refractivity contribution is 6.07. The van der Waals surface area contributed by atoms with Crippen molar-refractivity contribution in [1.29, 1.82) is 0 Å². The number of para-hydroxylation sites is 1. The molecule has 4 aromatic rings. The molecule has 0 aromatic heterocycles. The molecule has 47 heavy (non-hydrogen) atoms. The summed E-state index contributed by atoms with van der Waals surface area (Å²) >= 11 is 0. The van der Waals surface area contributed by atoms with Crippen LogP contribution in [0, 0.1) is 11.8 Å². The molecule has 4 aromatic carbocycles. The van der Waals surface area contributed by atoms with Crippen LogP contribution in [0.15, 0.2) is 97.1 Å². The lowest BCUT2D eigenvalue weighted by Gasteiger charge is -2.38. The van der Waals surface area contributed by atoms with Gasteiger partial charge in [-0.1, -0.05) is 63.2 Å². The summed E-state index contributed by atoms with van der Waals surface area (Å²) < 4.78 is 17.5. The number of rotatable bonds is 10. The molecule has 4 atom stereocenters. The van der Waals surface area contributed by atoms with Crippen LogP contribution < -0.4 is 19.7 Å². The number of hydrogen-bond acceptors (Lipinski definition) is 6. The molecule has 2 aliphatic rings. The predicted molar refractivity (Wildman–Crippen MR) is 182 cm³/mol. The van der Waals surface area contributed by atoms with E-state index in [-0.39, 0.29) is 41.8 Å². The zero-order valence-electron chi connectivity index (χ0n) is 27.5. The quantitative estimate of drug-likeness (QED) is 0.201. The van der Waals surface area contributed by atoms with Crippen LogP contribution in [0.1, 0.15) is 54.2 Å². The number of ether oxygens (including phenoxy) is 3. The lowest BCUT2D eigenvalue weighted by Crippen LogP contribution is -2.45. The zero-order chi connectivity index (χ0) is 33.3. The van der Waals surface area contributed by atoms with Gasteiger partial charge in [-0.15, -0.1) is 0 Å². The summed E-state index contributed by atoms with van der Waals surface area (Å²) in [6, 6.07) is 30.4. The van der Waals surface area contributed by atoms with Crippen molar-refractivity contribution in [2.45, 2.75) is 50.9 Å². The van der Waals surface area contributed by atoms with Gasteiger partial charge in [0.15, 0.2) is 5.60 Å². The third kappa shape index (κ3) is 5.66. The van der Waals surface area contributed by atoms with Crippen LogP contribution in [0.2, 0.25) is 0 Å². The van der Waals surface area contributed by atoms with E-state index in [9.17, 15) is 14.7 Å². The van der Waals surface area contributed by atoms with Gasteiger partial charge in [0, 0.05) is 35.3 Å². The Labute approximate surface area is 276 Å². The third-order valence-corrected chi connectivity index (χ3v) is 10.1. The molecule has 8 nitrogen and oxygen atoms in total. The Morgan fingerprint density at radius 3 is 2.15 bits per heavy atom. The van der Waals surface area contributed by atoms with E-state index in [2.05, 4.69) is 38.2 Å². The highest BCUT2D eigenvalue weighted by atomic mass is 16.5. The number of aliphatic hydroxyl groups is 1. The molecule has 0 aliphatic carbocycles. The van der Waals surface area contributed by atoms with Crippen LogP contribution in [-0.2, 0) is 27.1 Å². The molecule has 1 fully saturated rings. The first-order valence-electron chi connectivity index (χ1n) is 16.0. The van der Waals surface area contributed by atoms with Gasteiger partial charge in [0.1, 0.15) is 11.5 Å². The average Bonchev–Trinajstić information content (AvgIpc) is 3.52. The number of benzene rings is 4. The Balaban J connectivity index is 1.26. The van der Waals surface area contributed by atoms with Gasteiger partial charge in [0.05, 0.1) is 32.6 Å². The molecule has 2 heterocycles. The van der Waals surface area contributed by atoms with Gasteiger partial charge in [-0.25, -0.2) is 0 Å². The Hall–Kier alpha value is -4.66. The van der Waals surface area contributed by atoms with Crippen LogP contribution in [0.4, 0.5) is 11.4 Å². The number of methoxy groups -OCH3 is 2. The fourth-order valence-electron chi connectivity index (χ4n) is 7.64. The molecule has 0 radical (unpaired) electrons. The van der Waals surface area contributed by atoms with Crippen LogP contribution in [0.25, 0.3) is 0 Å². The fraction of sp³-hybridized carbons (Fsp3) is 0.333. The molecule has 8 heteroatoms. The van der Waals surface area contributed by atoms with Gasteiger partial charge >= 0.3 is 0 Å². The Morgan fingerprint density at radius 1 is 0.915 bits per heavy atom. The van der Waals surface area contributed by atoms with E-state index in [1.807, 2.05) is 65.6 Å². The van der Waals surface area contributed by atoms with Gasteiger partial charge < -0.3 is 29.5 Å². The van der Waals surface area contributed by atoms with E-state index in [0.29, 0.717) is 30.0 Å². The second kappa shape index (κ2) is 12.9. The SMILES string of the molecule is COc1ccc(C(=O)Nc2ccc(CN3C(=O)[C@@]4(O[C@@H](CCO)[C@H](C(C)(C)c5ccc(OC)cc5)[C@H]4C)c4ccccc43)cc2)cc1.